The van der Waals surface area contributed by atoms with E-state index in [1.54, 1.807) is 14.0 Å². The summed E-state index contributed by atoms with van der Waals surface area (Å²) >= 11 is 0. The molecular formula is C17H20N2O4. The number of aryl methyl sites for hydroxylation is 1. The number of aromatic nitrogens is 1. The molecule has 1 saturated heterocycles. The number of hydrogen-bond donors (Lipinski definition) is 1. The maximum absolute atomic E-state index is 12.6. The highest BCUT2D eigenvalue weighted by atomic mass is 16.5. The van der Waals surface area contributed by atoms with Crippen LogP contribution in [-0.4, -0.2) is 37.4 Å². The van der Waals surface area contributed by atoms with E-state index in [-0.39, 0.29) is 12.0 Å². The summed E-state index contributed by atoms with van der Waals surface area (Å²) in [6.45, 7) is 3.01. The van der Waals surface area contributed by atoms with E-state index in [2.05, 4.69) is 10.5 Å². The second-order valence-corrected chi connectivity index (χ2v) is 5.52. The van der Waals surface area contributed by atoms with Crippen molar-refractivity contribution in [3.05, 3.63) is 35.5 Å². The van der Waals surface area contributed by atoms with Crippen LogP contribution >= 0.6 is 0 Å². The summed E-state index contributed by atoms with van der Waals surface area (Å²) < 4.78 is 16.3. The molecule has 0 spiro atoms. The topological polar surface area (TPSA) is 73.6 Å². The smallest absolute Gasteiger partial charge is 0.257 e. The Hall–Kier alpha value is -2.34. The van der Waals surface area contributed by atoms with E-state index >= 15 is 0 Å². The van der Waals surface area contributed by atoms with Gasteiger partial charge in [-0.2, -0.15) is 0 Å². The molecule has 3 rings (SSSR count). The number of para-hydroxylation sites is 1. The van der Waals surface area contributed by atoms with E-state index < -0.39 is 0 Å². The maximum atomic E-state index is 12.6. The summed E-state index contributed by atoms with van der Waals surface area (Å²) in [5, 5.41) is 6.86. The predicted molar refractivity (Wildman–Crippen MR) is 84.5 cm³/mol. The molecule has 0 saturated carbocycles. The molecule has 1 aromatic heterocycles. The summed E-state index contributed by atoms with van der Waals surface area (Å²) in [5.41, 5.74) is 1.70. The van der Waals surface area contributed by atoms with E-state index in [0.29, 0.717) is 34.9 Å². The van der Waals surface area contributed by atoms with Crippen LogP contribution in [0.1, 0.15) is 28.9 Å². The summed E-state index contributed by atoms with van der Waals surface area (Å²) in [6, 6.07) is 7.39. The lowest BCUT2D eigenvalue weighted by molar-refractivity contribution is 0.0857. The maximum Gasteiger partial charge on any atom is 0.257 e. The zero-order chi connectivity index (χ0) is 16.2. The first-order valence-corrected chi connectivity index (χ1v) is 7.70. The minimum Gasteiger partial charge on any atom is -0.496 e. The van der Waals surface area contributed by atoms with E-state index in [9.17, 15) is 4.79 Å². The molecule has 1 fully saturated rings. The highest BCUT2D eigenvalue weighted by Gasteiger charge is 2.25. The quantitative estimate of drug-likeness (QED) is 0.917. The minimum atomic E-state index is -0.208. The Labute approximate surface area is 134 Å². The fraction of sp³-hybridized carbons (Fsp3) is 0.412. The molecule has 1 aromatic carbocycles. The first-order valence-electron chi connectivity index (χ1n) is 7.70. The molecule has 1 N–H and O–H groups in total. The Morgan fingerprint density at radius 3 is 3.00 bits per heavy atom. The third-order valence-electron chi connectivity index (χ3n) is 3.96. The van der Waals surface area contributed by atoms with Crippen LogP contribution in [0.5, 0.6) is 5.75 Å². The number of carbonyl (C=O) groups is 1. The molecule has 1 atom stereocenters. The summed E-state index contributed by atoms with van der Waals surface area (Å²) in [5.74, 6) is 0.849. The van der Waals surface area contributed by atoms with Gasteiger partial charge in [-0.1, -0.05) is 17.3 Å². The van der Waals surface area contributed by atoms with Crippen molar-refractivity contribution in [2.75, 3.05) is 20.3 Å². The number of nitrogens with zero attached hydrogens (tertiary/aromatic N) is 1. The molecule has 6 heteroatoms. The zero-order valence-electron chi connectivity index (χ0n) is 13.3. The van der Waals surface area contributed by atoms with Gasteiger partial charge in [0.2, 0.25) is 0 Å². The third kappa shape index (κ3) is 3.22. The first-order chi connectivity index (χ1) is 11.2. The van der Waals surface area contributed by atoms with E-state index in [4.69, 9.17) is 14.0 Å². The lowest BCUT2D eigenvalue weighted by Gasteiger charge is -2.11. The lowest BCUT2D eigenvalue weighted by atomic mass is 10.1. The molecule has 0 bridgehead atoms. The predicted octanol–water partition coefficient (Wildman–Crippen LogP) is 2.57. The number of amides is 1. The van der Waals surface area contributed by atoms with E-state index in [1.807, 2.05) is 24.3 Å². The summed E-state index contributed by atoms with van der Waals surface area (Å²) in [7, 11) is 1.58. The van der Waals surface area contributed by atoms with Crippen LogP contribution in [0.15, 0.2) is 28.8 Å². The Morgan fingerprint density at radius 1 is 1.43 bits per heavy atom. The van der Waals surface area contributed by atoms with Gasteiger partial charge in [0.25, 0.3) is 5.91 Å². The zero-order valence-corrected chi connectivity index (χ0v) is 13.3. The molecule has 1 amide bonds. The number of rotatable bonds is 5. The van der Waals surface area contributed by atoms with Crippen LogP contribution in [-0.2, 0) is 4.74 Å². The Morgan fingerprint density at radius 2 is 2.26 bits per heavy atom. The number of carbonyl (C=O) groups excluding carboxylic acids is 1. The fourth-order valence-corrected chi connectivity index (χ4v) is 2.75. The van der Waals surface area contributed by atoms with Crippen LogP contribution in [0.4, 0.5) is 0 Å². The van der Waals surface area contributed by atoms with Gasteiger partial charge in [0.1, 0.15) is 11.3 Å². The average Bonchev–Trinajstić information content (AvgIpc) is 3.22. The van der Waals surface area contributed by atoms with Gasteiger partial charge >= 0.3 is 0 Å². The van der Waals surface area contributed by atoms with E-state index in [1.165, 1.54) is 0 Å². The van der Waals surface area contributed by atoms with Crippen molar-refractivity contribution < 1.29 is 18.8 Å². The minimum absolute atomic E-state index is 0.0915. The molecule has 1 aliphatic heterocycles. The summed E-state index contributed by atoms with van der Waals surface area (Å²) in [6.07, 6.45) is 2.11. The molecule has 2 aromatic rings. The van der Waals surface area contributed by atoms with Gasteiger partial charge < -0.3 is 19.3 Å². The number of methoxy groups -OCH3 is 1. The fourth-order valence-electron chi connectivity index (χ4n) is 2.75. The number of benzene rings is 1. The van der Waals surface area contributed by atoms with Gasteiger partial charge in [-0.15, -0.1) is 0 Å². The van der Waals surface area contributed by atoms with Gasteiger partial charge in [0.05, 0.1) is 24.5 Å². The Kier molecular flexibility index (Phi) is 4.62. The molecular weight excluding hydrogens is 296 g/mol. The second kappa shape index (κ2) is 6.83. The van der Waals surface area contributed by atoms with Gasteiger partial charge in [0, 0.05) is 13.2 Å². The molecule has 0 radical (unpaired) electrons. The van der Waals surface area contributed by atoms with Gasteiger partial charge in [-0.25, -0.2) is 0 Å². The number of ether oxygens (including phenoxy) is 2. The summed E-state index contributed by atoms with van der Waals surface area (Å²) in [4.78, 5) is 12.6. The van der Waals surface area contributed by atoms with Crippen molar-refractivity contribution in [1.29, 1.82) is 0 Å². The monoisotopic (exact) mass is 316 g/mol. The van der Waals surface area contributed by atoms with Crippen molar-refractivity contribution in [2.24, 2.45) is 0 Å². The SMILES string of the molecule is COc1ccccc1-c1onc(C)c1C(=O)NCC1CCCO1. The molecule has 0 aliphatic carbocycles. The first kappa shape index (κ1) is 15.6. The van der Waals surface area contributed by atoms with Crippen molar-refractivity contribution in [1.82, 2.24) is 10.5 Å². The van der Waals surface area contributed by atoms with Crippen molar-refractivity contribution in [3.63, 3.8) is 0 Å². The van der Waals surface area contributed by atoms with Crippen LogP contribution in [0.3, 0.4) is 0 Å². The molecule has 6 nitrogen and oxygen atoms in total. The molecule has 23 heavy (non-hydrogen) atoms. The molecule has 1 unspecified atom stereocenters. The largest absolute Gasteiger partial charge is 0.496 e. The second-order valence-electron chi connectivity index (χ2n) is 5.52. The molecule has 1 aliphatic rings. The third-order valence-corrected chi connectivity index (χ3v) is 3.96. The number of nitrogens with one attached hydrogen (secondary N) is 1. The Bertz CT molecular complexity index is 690. The van der Waals surface area contributed by atoms with E-state index in [0.717, 1.165) is 19.4 Å². The highest BCUT2D eigenvalue weighted by molar-refractivity contribution is 6.01. The van der Waals surface area contributed by atoms with Crippen molar-refractivity contribution >= 4 is 5.91 Å². The van der Waals surface area contributed by atoms with Gasteiger partial charge in [-0.05, 0) is 31.9 Å². The standard InChI is InChI=1S/C17H20N2O4/c1-11-15(17(20)18-10-12-6-5-9-22-12)16(23-19-11)13-7-3-4-8-14(13)21-2/h3-4,7-8,12H,5-6,9-10H2,1-2H3,(H,18,20). The number of hydrogen-bond acceptors (Lipinski definition) is 5. The highest BCUT2D eigenvalue weighted by Crippen LogP contribution is 2.33. The van der Waals surface area contributed by atoms with Gasteiger partial charge in [-0.3, -0.25) is 4.79 Å². The lowest BCUT2D eigenvalue weighted by Crippen LogP contribution is -2.32. The van der Waals surface area contributed by atoms with Crippen LogP contribution in [0.25, 0.3) is 11.3 Å². The average molecular weight is 316 g/mol. The van der Waals surface area contributed by atoms with Crippen molar-refractivity contribution in [2.45, 2.75) is 25.9 Å². The van der Waals surface area contributed by atoms with Crippen LogP contribution in [0.2, 0.25) is 0 Å². The van der Waals surface area contributed by atoms with Crippen molar-refractivity contribution in [3.8, 4) is 17.1 Å². The molecule has 2 heterocycles. The normalized spacial score (nSPS) is 17.2. The van der Waals surface area contributed by atoms with Crippen LogP contribution in [0, 0.1) is 6.92 Å². The Balaban J connectivity index is 1.84. The molecule has 122 valence electrons. The van der Waals surface area contributed by atoms with Gasteiger partial charge in [0.15, 0.2) is 5.76 Å². The van der Waals surface area contributed by atoms with Crippen LogP contribution < -0.4 is 10.1 Å².